The highest BCUT2D eigenvalue weighted by molar-refractivity contribution is 7.99. The van der Waals surface area contributed by atoms with Crippen LogP contribution in [0.3, 0.4) is 0 Å². The maximum absolute atomic E-state index is 12.6. The third kappa shape index (κ3) is 3.25. The molecule has 1 saturated heterocycles. The highest BCUT2D eigenvalue weighted by Crippen LogP contribution is 2.24. The molecule has 0 spiro atoms. The van der Waals surface area contributed by atoms with Gasteiger partial charge in [0.2, 0.25) is 0 Å². The molecule has 1 aliphatic rings. The van der Waals surface area contributed by atoms with Gasteiger partial charge in [0.05, 0.1) is 12.5 Å². The maximum atomic E-state index is 12.6. The van der Waals surface area contributed by atoms with Crippen molar-refractivity contribution in [2.75, 3.05) is 18.1 Å². The van der Waals surface area contributed by atoms with Gasteiger partial charge in [-0.15, -0.1) is 0 Å². The summed E-state index contributed by atoms with van der Waals surface area (Å²) in [4.78, 5) is 25.1. The number of hydrogen-bond acceptors (Lipinski definition) is 4. The number of nitrogens with zero attached hydrogens (tertiary/aromatic N) is 1. The number of carbonyl (C=O) groups excluding carboxylic acids is 1. The molecule has 5 nitrogen and oxygen atoms in total. The fourth-order valence-corrected chi connectivity index (χ4v) is 3.40. The number of carboxylic acids is 1. The minimum Gasteiger partial charge on any atom is -0.508 e. The molecule has 0 radical (unpaired) electrons. The quantitative estimate of drug-likeness (QED) is 0.888. The Kier molecular flexibility index (Phi) is 4.54. The van der Waals surface area contributed by atoms with Crippen LogP contribution >= 0.6 is 11.8 Å². The summed E-state index contributed by atoms with van der Waals surface area (Å²) >= 11 is 1.67. The van der Waals surface area contributed by atoms with E-state index in [1.54, 1.807) is 29.7 Å². The molecular weight excluding hydrogens is 278 g/mol. The first-order valence-corrected chi connectivity index (χ1v) is 7.54. The first-order chi connectivity index (χ1) is 9.49. The van der Waals surface area contributed by atoms with Gasteiger partial charge < -0.3 is 15.1 Å². The molecule has 0 saturated carbocycles. The van der Waals surface area contributed by atoms with Gasteiger partial charge in [0.15, 0.2) is 0 Å². The highest BCUT2D eigenvalue weighted by atomic mass is 32.2. The number of carboxylic acid groups (broad SMARTS) is 1. The smallest absolute Gasteiger partial charge is 0.305 e. The van der Waals surface area contributed by atoms with Crippen molar-refractivity contribution in [3.8, 4) is 5.75 Å². The van der Waals surface area contributed by atoms with E-state index in [0.29, 0.717) is 23.4 Å². The lowest BCUT2D eigenvalue weighted by Gasteiger charge is -2.35. The number of benzene rings is 1. The lowest BCUT2D eigenvalue weighted by atomic mass is 10.1. The van der Waals surface area contributed by atoms with E-state index in [-0.39, 0.29) is 24.1 Å². The van der Waals surface area contributed by atoms with Crippen LogP contribution in [0.2, 0.25) is 0 Å². The number of rotatable bonds is 3. The van der Waals surface area contributed by atoms with Crippen molar-refractivity contribution in [3.05, 3.63) is 29.3 Å². The zero-order valence-corrected chi connectivity index (χ0v) is 12.0. The minimum atomic E-state index is -0.891. The molecule has 2 rings (SSSR count). The molecule has 0 aliphatic carbocycles. The van der Waals surface area contributed by atoms with E-state index in [2.05, 4.69) is 0 Å². The van der Waals surface area contributed by atoms with Gasteiger partial charge in [-0.25, -0.2) is 0 Å². The number of aliphatic carboxylic acids is 1. The van der Waals surface area contributed by atoms with Crippen LogP contribution in [0, 0.1) is 6.92 Å². The lowest BCUT2D eigenvalue weighted by Crippen LogP contribution is -2.47. The molecule has 1 aromatic carbocycles. The fourth-order valence-electron chi connectivity index (χ4n) is 2.34. The van der Waals surface area contributed by atoms with E-state index < -0.39 is 5.97 Å². The summed E-state index contributed by atoms with van der Waals surface area (Å²) in [5.41, 5.74) is 1.22. The zero-order chi connectivity index (χ0) is 14.7. The van der Waals surface area contributed by atoms with Crippen LogP contribution in [0.25, 0.3) is 0 Å². The number of phenolic OH excluding ortho intramolecular Hbond substituents is 1. The van der Waals surface area contributed by atoms with Crippen LogP contribution in [0.5, 0.6) is 5.75 Å². The summed E-state index contributed by atoms with van der Waals surface area (Å²) in [6, 6.07) is 4.34. The second-order valence-electron chi connectivity index (χ2n) is 4.82. The first-order valence-electron chi connectivity index (χ1n) is 6.39. The maximum Gasteiger partial charge on any atom is 0.305 e. The van der Waals surface area contributed by atoms with Gasteiger partial charge in [-0.05, 0) is 30.7 Å². The second kappa shape index (κ2) is 6.17. The van der Waals surface area contributed by atoms with Crippen LogP contribution in [-0.2, 0) is 4.79 Å². The SMILES string of the molecule is Cc1cc(O)ccc1C(=O)N1CCSCC1CC(=O)O. The Balaban J connectivity index is 2.22. The van der Waals surface area contributed by atoms with Crippen molar-refractivity contribution in [1.29, 1.82) is 0 Å². The first kappa shape index (κ1) is 14.7. The number of carbonyl (C=O) groups is 2. The largest absolute Gasteiger partial charge is 0.508 e. The Bertz CT molecular complexity index is 532. The van der Waals surface area contributed by atoms with Gasteiger partial charge >= 0.3 is 5.97 Å². The monoisotopic (exact) mass is 295 g/mol. The molecule has 6 heteroatoms. The van der Waals surface area contributed by atoms with Crippen LogP contribution in [-0.4, -0.2) is 51.1 Å². The highest BCUT2D eigenvalue weighted by Gasteiger charge is 2.30. The summed E-state index contributed by atoms with van der Waals surface area (Å²) < 4.78 is 0. The standard InChI is InChI=1S/C14H17NO4S/c1-9-6-11(16)2-3-12(9)14(19)15-4-5-20-8-10(15)7-13(17)18/h2-3,6,10,16H,4-5,7-8H2,1H3,(H,17,18). The molecule has 1 atom stereocenters. The number of phenols is 1. The number of aryl methyl sites for hydroxylation is 1. The number of thioether (sulfide) groups is 1. The van der Waals surface area contributed by atoms with Crippen molar-refractivity contribution < 1.29 is 19.8 Å². The van der Waals surface area contributed by atoms with Crippen molar-refractivity contribution in [1.82, 2.24) is 4.90 Å². The number of aromatic hydroxyl groups is 1. The molecule has 0 bridgehead atoms. The normalized spacial score (nSPS) is 18.9. The molecule has 1 unspecified atom stereocenters. The van der Waals surface area contributed by atoms with Gasteiger partial charge in [0.1, 0.15) is 5.75 Å². The van der Waals surface area contributed by atoms with Crippen LogP contribution in [0.1, 0.15) is 22.3 Å². The fraction of sp³-hybridized carbons (Fsp3) is 0.429. The predicted octanol–water partition coefficient (Wildman–Crippen LogP) is 1.73. The summed E-state index contributed by atoms with van der Waals surface area (Å²) in [5, 5.41) is 18.3. The topological polar surface area (TPSA) is 77.8 Å². The minimum absolute atomic E-state index is 0.0319. The van der Waals surface area contributed by atoms with Gasteiger partial charge in [-0.1, -0.05) is 0 Å². The summed E-state index contributed by atoms with van der Waals surface area (Å²) in [7, 11) is 0. The van der Waals surface area contributed by atoms with E-state index in [4.69, 9.17) is 5.11 Å². The van der Waals surface area contributed by atoms with E-state index in [1.165, 1.54) is 12.1 Å². The van der Waals surface area contributed by atoms with Gasteiger partial charge in [-0.2, -0.15) is 11.8 Å². The van der Waals surface area contributed by atoms with E-state index in [9.17, 15) is 14.7 Å². The molecule has 1 aliphatic heterocycles. The summed E-state index contributed by atoms with van der Waals surface area (Å²) in [6.07, 6.45) is -0.0319. The van der Waals surface area contributed by atoms with Crippen molar-refractivity contribution in [2.45, 2.75) is 19.4 Å². The lowest BCUT2D eigenvalue weighted by molar-refractivity contribution is -0.138. The number of hydrogen-bond donors (Lipinski definition) is 2. The van der Waals surface area contributed by atoms with Crippen LogP contribution in [0.15, 0.2) is 18.2 Å². The van der Waals surface area contributed by atoms with Gasteiger partial charge in [0, 0.05) is 23.6 Å². The molecule has 1 amide bonds. The predicted molar refractivity (Wildman–Crippen MR) is 77.2 cm³/mol. The average Bonchev–Trinajstić information content (AvgIpc) is 2.38. The molecule has 2 N–H and O–H groups in total. The number of amides is 1. The third-order valence-electron chi connectivity index (χ3n) is 3.34. The summed E-state index contributed by atoms with van der Waals surface area (Å²) in [6.45, 7) is 2.32. The zero-order valence-electron chi connectivity index (χ0n) is 11.2. The molecule has 1 heterocycles. The Morgan fingerprint density at radius 1 is 1.45 bits per heavy atom. The van der Waals surface area contributed by atoms with Crippen molar-refractivity contribution in [2.24, 2.45) is 0 Å². The Morgan fingerprint density at radius 3 is 2.85 bits per heavy atom. The molecule has 20 heavy (non-hydrogen) atoms. The molecular formula is C14H17NO4S. The van der Waals surface area contributed by atoms with Gasteiger partial charge in [-0.3, -0.25) is 9.59 Å². The molecule has 1 fully saturated rings. The van der Waals surface area contributed by atoms with Crippen LogP contribution in [0.4, 0.5) is 0 Å². The molecule has 0 aromatic heterocycles. The van der Waals surface area contributed by atoms with E-state index >= 15 is 0 Å². The van der Waals surface area contributed by atoms with E-state index in [0.717, 1.165) is 5.75 Å². The Labute approximate surface area is 121 Å². The van der Waals surface area contributed by atoms with Crippen molar-refractivity contribution >= 4 is 23.6 Å². The summed E-state index contributed by atoms with van der Waals surface area (Å²) in [5.74, 6) is 0.538. The van der Waals surface area contributed by atoms with Gasteiger partial charge in [0.25, 0.3) is 5.91 Å². The average molecular weight is 295 g/mol. The van der Waals surface area contributed by atoms with E-state index in [1.807, 2.05) is 0 Å². The Morgan fingerprint density at radius 2 is 2.20 bits per heavy atom. The molecule has 1 aromatic rings. The van der Waals surface area contributed by atoms with Crippen molar-refractivity contribution in [3.63, 3.8) is 0 Å². The Hall–Kier alpha value is -1.69. The third-order valence-corrected chi connectivity index (χ3v) is 4.43. The second-order valence-corrected chi connectivity index (χ2v) is 5.97. The molecule has 108 valence electrons. The van der Waals surface area contributed by atoms with Crippen LogP contribution < -0.4 is 0 Å².